The molecule has 1 aromatic carbocycles. The zero-order valence-corrected chi connectivity index (χ0v) is 12.0. The molecule has 0 aliphatic heterocycles. The maximum Gasteiger partial charge on any atom is 0.128 e. The van der Waals surface area contributed by atoms with Gasteiger partial charge in [-0.3, -0.25) is 0 Å². The van der Waals surface area contributed by atoms with E-state index in [1.165, 1.54) is 6.07 Å². The summed E-state index contributed by atoms with van der Waals surface area (Å²) in [5, 5.41) is 3.90. The Labute approximate surface area is 114 Å². The van der Waals surface area contributed by atoms with Crippen LogP contribution in [-0.2, 0) is 0 Å². The summed E-state index contributed by atoms with van der Waals surface area (Å²) in [4.78, 5) is 0. The third-order valence-corrected chi connectivity index (χ3v) is 4.37. The molecule has 0 radical (unpaired) electrons. The van der Waals surface area contributed by atoms with E-state index in [0.717, 1.165) is 25.1 Å². The van der Waals surface area contributed by atoms with E-state index in [2.05, 4.69) is 26.1 Å². The van der Waals surface area contributed by atoms with Gasteiger partial charge in [-0.15, -0.1) is 0 Å². The van der Waals surface area contributed by atoms with Gasteiger partial charge in [-0.1, -0.05) is 38.4 Å². The minimum absolute atomic E-state index is 0.168. The Morgan fingerprint density at radius 2 is 2.11 bits per heavy atom. The van der Waals surface area contributed by atoms with Gasteiger partial charge in [0.25, 0.3) is 0 Å². The van der Waals surface area contributed by atoms with Crippen LogP contribution in [0.5, 0.6) is 0 Å². The first-order chi connectivity index (χ1) is 8.48. The summed E-state index contributed by atoms with van der Waals surface area (Å²) in [5.74, 6) is 0.650. The largest absolute Gasteiger partial charge is 0.316 e. The molecule has 0 heterocycles. The van der Waals surface area contributed by atoms with E-state index in [4.69, 9.17) is 11.6 Å². The highest BCUT2D eigenvalue weighted by atomic mass is 35.5. The molecule has 2 atom stereocenters. The summed E-state index contributed by atoms with van der Waals surface area (Å²) in [6, 6.07) is 5.04. The average Bonchev–Trinajstić information content (AvgIpc) is 2.81. The monoisotopic (exact) mass is 269 g/mol. The number of benzene rings is 1. The highest BCUT2D eigenvalue weighted by Crippen LogP contribution is 2.64. The smallest absolute Gasteiger partial charge is 0.128 e. The third kappa shape index (κ3) is 2.55. The Hall–Kier alpha value is -0.600. The summed E-state index contributed by atoms with van der Waals surface area (Å²) in [5.41, 5.74) is 0.989. The molecule has 1 nitrogen and oxygen atoms in total. The molecule has 0 spiro atoms. The zero-order valence-electron chi connectivity index (χ0n) is 11.3. The molecule has 1 aromatic rings. The summed E-state index contributed by atoms with van der Waals surface area (Å²) in [6.07, 6.45) is 1.13. The van der Waals surface area contributed by atoms with E-state index < -0.39 is 0 Å². The van der Waals surface area contributed by atoms with Crippen molar-refractivity contribution in [2.75, 3.05) is 13.1 Å². The van der Waals surface area contributed by atoms with Gasteiger partial charge in [0, 0.05) is 5.02 Å². The molecule has 3 heteroatoms. The van der Waals surface area contributed by atoms with Crippen molar-refractivity contribution < 1.29 is 4.39 Å². The summed E-state index contributed by atoms with van der Waals surface area (Å²) < 4.78 is 13.9. The number of hydrogen-bond donors (Lipinski definition) is 1. The molecule has 0 amide bonds. The standard InChI is InChI=1S/C15H21ClFN/c1-4-7-18-9-12-14(15(12,2)3)11-6-5-10(16)8-13(11)17/h5-6,8,12,14,18H,4,7,9H2,1-3H3. The fourth-order valence-electron chi connectivity index (χ4n) is 2.93. The van der Waals surface area contributed by atoms with Crippen LogP contribution in [0.25, 0.3) is 0 Å². The van der Waals surface area contributed by atoms with Crippen LogP contribution < -0.4 is 5.32 Å². The minimum Gasteiger partial charge on any atom is -0.316 e. The predicted octanol–water partition coefficient (Wildman–Crippen LogP) is 4.22. The van der Waals surface area contributed by atoms with Crippen LogP contribution in [0.2, 0.25) is 5.02 Å². The fraction of sp³-hybridized carbons (Fsp3) is 0.600. The van der Waals surface area contributed by atoms with Gasteiger partial charge in [0.2, 0.25) is 0 Å². The van der Waals surface area contributed by atoms with Crippen molar-refractivity contribution >= 4 is 11.6 Å². The molecule has 1 aliphatic rings. The average molecular weight is 270 g/mol. The van der Waals surface area contributed by atoms with Crippen molar-refractivity contribution in [2.24, 2.45) is 11.3 Å². The van der Waals surface area contributed by atoms with E-state index in [9.17, 15) is 4.39 Å². The lowest BCUT2D eigenvalue weighted by atomic mass is 10.0. The van der Waals surface area contributed by atoms with E-state index in [-0.39, 0.29) is 11.2 Å². The van der Waals surface area contributed by atoms with Crippen LogP contribution in [0.3, 0.4) is 0 Å². The molecule has 1 aliphatic carbocycles. The highest BCUT2D eigenvalue weighted by molar-refractivity contribution is 6.30. The van der Waals surface area contributed by atoms with Crippen LogP contribution in [-0.4, -0.2) is 13.1 Å². The Bertz CT molecular complexity index is 431. The molecule has 2 rings (SSSR count). The van der Waals surface area contributed by atoms with Crippen LogP contribution in [0.15, 0.2) is 18.2 Å². The maximum atomic E-state index is 13.9. The number of hydrogen-bond acceptors (Lipinski definition) is 1. The first kappa shape index (κ1) is 13.8. The lowest BCUT2D eigenvalue weighted by Crippen LogP contribution is -2.19. The van der Waals surface area contributed by atoms with Gasteiger partial charge in [0.15, 0.2) is 0 Å². The molecule has 0 saturated heterocycles. The molecule has 0 aromatic heterocycles. The summed E-state index contributed by atoms with van der Waals surface area (Å²) >= 11 is 5.80. The predicted molar refractivity (Wildman–Crippen MR) is 74.6 cm³/mol. The second kappa shape index (κ2) is 5.18. The number of halogens is 2. The first-order valence-electron chi connectivity index (χ1n) is 6.64. The van der Waals surface area contributed by atoms with Crippen LogP contribution in [0, 0.1) is 17.2 Å². The number of nitrogens with one attached hydrogen (secondary N) is 1. The fourth-order valence-corrected chi connectivity index (χ4v) is 3.09. The van der Waals surface area contributed by atoms with Gasteiger partial charge in [0.1, 0.15) is 5.82 Å². The van der Waals surface area contributed by atoms with E-state index in [1.54, 1.807) is 6.07 Å². The first-order valence-corrected chi connectivity index (χ1v) is 7.02. The van der Waals surface area contributed by atoms with Crippen molar-refractivity contribution in [3.05, 3.63) is 34.6 Å². The highest BCUT2D eigenvalue weighted by Gasteiger charge is 2.58. The lowest BCUT2D eigenvalue weighted by molar-refractivity contribution is 0.517. The van der Waals surface area contributed by atoms with Gasteiger partial charge in [-0.25, -0.2) is 4.39 Å². The van der Waals surface area contributed by atoms with Gasteiger partial charge in [-0.2, -0.15) is 0 Å². The molecule has 1 fully saturated rings. The quantitative estimate of drug-likeness (QED) is 0.790. The Morgan fingerprint density at radius 1 is 1.39 bits per heavy atom. The van der Waals surface area contributed by atoms with Crippen molar-refractivity contribution in [1.82, 2.24) is 5.32 Å². The molecule has 100 valence electrons. The van der Waals surface area contributed by atoms with Gasteiger partial charge in [0.05, 0.1) is 0 Å². The zero-order chi connectivity index (χ0) is 13.3. The van der Waals surface area contributed by atoms with Crippen molar-refractivity contribution in [2.45, 2.75) is 33.1 Å². The van der Waals surface area contributed by atoms with Crippen LogP contribution >= 0.6 is 11.6 Å². The van der Waals surface area contributed by atoms with Crippen molar-refractivity contribution in [1.29, 1.82) is 0 Å². The minimum atomic E-state index is -0.168. The van der Waals surface area contributed by atoms with Crippen LogP contribution in [0.1, 0.15) is 38.7 Å². The topological polar surface area (TPSA) is 12.0 Å². The molecular weight excluding hydrogens is 249 g/mol. The second-order valence-electron chi connectivity index (χ2n) is 5.78. The Morgan fingerprint density at radius 3 is 2.72 bits per heavy atom. The third-order valence-electron chi connectivity index (χ3n) is 4.14. The van der Waals surface area contributed by atoms with Gasteiger partial charge >= 0.3 is 0 Å². The normalized spacial score (nSPS) is 25.2. The van der Waals surface area contributed by atoms with E-state index in [0.29, 0.717) is 16.9 Å². The maximum absolute atomic E-state index is 13.9. The summed E-state index contributed by atoms with van der Waals surface area (Å²) in [7, 11) is 0. The number of rotatable bonds is 5. The molecule has 2 unspecified atom stereocenters. The molecule has 1 N–H and O–H groups in total. The molecule has 0 bridgehead atoms. The molecule has 18 heavy (non-hydrogen) atoms. The second-order valence-corrected chi connectivity index (χ2v) is 6.21. The Kier molecular flexibility index (Phi) is 3.98. The van der Waals surface area contributed by atoms with Gasteiger partial charge in [-0.05, 0) is 54.5 Å². The van der Waals surface area contributed by atoms with Crippen molar-refractivity contribution in [3.8, 4) is 0 Å². The van der Waals surface area contributed by atoms with E-state index in [1.807, 2.05) is 6.07 Å². The van der Waals surface area contributed by atoms with Crippen molar-refractivity contribution in [3.63, 3.8) is 0 Å². The van der Waals surface area contributed by atoms with Gasteiger partial charge < -0.3 is 5.32 Å². The summed E-state index contributed by atoms with van der Waals surface area (Å²) in [6.45, 7) is 8.57. The SMILES string of the molecule is CCCNCC1C(c2ccc(Cl)cc2F)C1(C)C. The van der Waals surface area contributed by atoms with E-state index >= 15 is 0 Å². The lowest BCUT2D eigenvalue weighted by Gasteiger charge is -2.04. The van der Waals surface area contributed by atoms with Crippen LogP contribution in [0.4, 0.5) is 4.39 Å². The Balaban J connectivity index is 2.09. The molecular formula is C15H21ClFN. The molecule has 1 saturated carbocycles.